The molecule has 0 atom stereocenters. The summed E-state index contributed by atoms with van der Waals surface area (Å²) in [5.41, 5.74) is 0.584. The number of nitrogens with one attached hydrogen (secondary N) is 1. The van der Waals surface area contributed by atoms with Crippen molar-refractivity contribution in [3.05, 3.63) is 47.8 Å². The molecule has 0 unspecified atom stereocenters. The number of H-pyrrole nitrogens is 1. The van der Waals surface area contributed by atoms with Crippen LogP contribution in [0.1, 0.15) is 0 Å². The normalized spacial score (nSPS) is 11.4. The van der Waals surface area contributed by atoms with Gasteiger partial charge in [-0.1, -0.05) is 18.2 Å². The molecular weight excluding hydrogens is 215 g/mol. The highest BCUT2D eigenvalue weighted by molar-refractivity contribution is 6.07. The number of benzene rings is 2. The van der Waals surface area contributed by atoms with Gasteiger partial charge < -0.3 is 4.98 Å². The van der Waals surface area contributed by atoms with E-state index in [0.29, 0.717) is 17.0 Å². The molecule has 16 heavy (non-hydrogen) atoms. The zero-order valence-electron chi connectivity index (χ0n) is 8.02. The van der Waals surface area contributed by atoms with Gasteiger partial charge in [-0.3, -0.25) is 0 Å². The monoisotopic (exact) mass is 221 g/mol. The summed E-state index contributed by atoms with van der Waals surface area (Å²) in [7, 11) is 0. The summed E-state index contributed by atoms with van der Waals surface area (Å²) in [6, 6.07) is 7.29. The molecule has 0 amide bonds. The molecule has 3 aromatic rings. The molecule has 3 rings (SSSR count). The summed E-state index contributed by atoms with van der Waals surface area (Å²) >= 11 is 0. The van der Waals surface area contributed by atoms with Crippen LogP contribution >= 0.6 is 0 Å². The Bertz CT molecular complexity index is 700. The zero-order chi connectivity index (χ0) is 11.3. The quantitative estimate of drug-likeness (QED) is 0.556. The van der Waals surface area contributed by atoms with E-state index < -0.39 is 17.5 Å². The predicted molar refractivity (Wildman–Crippen MR) is 55.7 cm³/mol. The molecule has 0 aliphatic carbocycles. The molecule has 0 aliphatic heterocycles. The minimum atomic E-state index is -1.17. The van der Waals surface area contributed by atoms with Crippen LogP contribution in [0.3, 0.4) is 0 Å². The Hall–Kier alpha value is -1.97. The average Bonchev–Trinajstić information content (AvgIpc) is 2.66. The number of halogens is 3. The molecule has 4 heteroatoms. The first kappa shape index (κ1) is 9.27. The topological polar surface area (TPSA) is 15.8 Å². The van der Waals surface area contributed by atoms with E-state index in [-0.39, 0.29) is 10.9 Å². The number of para-hydroxylation sites is 1. The molecule has 1 aromatic heterocycles. The molecule has 1 N–H and O–H groups in total. The molecule has 0 radical (unpaired) electrons. The van der Waals surface area contributed by atoms with Gasteiger partial charge in [0.15, 0.2) is 11.6 Å². The summed E-state index contributed by atoms with van der Waals surface area (Å²) in [5, 5.41) is 0.446. The van der Waals surface area contributed by atoms with Crippen molar-refractivity contribution >= 4 is 21.8 Å². The van der Waals surface area contributed by atoms with Gasteiger partial charge in [0.25, 0.3) is 0 Å². The first-order valence-electron chi connectivity index (χ1n) is 4.72. The number of hydrogen-bond acceptors (Lipinski definition) is 0. The van der Waals surface area contributed by atoms with Crippen LogP contribution in [-0.4, -0.2) is 4.98 Å². The van der Waals surface area contributed by atoms with Crippen molar-refractivity contribution in [1.29, 1.82) is 0 Å². The third-order valence-electron chi connectivity index (χ3n) is 2.63. The molecule has 80 valence electrons. The van der Waals surface area contributed by atoms with E-state index in [4.69, 9.17) is 0 Å². The molecular formula is C12H6F3N. The summed E-state index contributed by atoms with van der Waals surface area (Å²) in [6.07, 6.45) is 0. The van der Waals surface area contributed by atoms with Gasteiger partial charge in [-0.2, -0.15) is 0 Å². The lowest BCUT2D eigenvalue weighted by atomic mass is 10.1. The largest absolute Gasteiger partial charge is 0.352 e. The van der Waals surface area contributed by atoms with Gasteiger partial charge >= 0.3 is 0 Å². The Morgan fingerprint density at radius 2 is 1.69 bits per heavy atom. The highest BCUT2D eigenvalue weighted by Crippen LogP contribution is 2.30. The van der Waals surface area contributed by atoms with Crippen LogP contribution in [0.5, 0.6) is 0 Å². The van der Waals surface area contributed by atoms with Gasteiger partial charge in [-0.05, 0) is 6.07 Å². The molecule has 0 fully saturated rings. The smallest absolute Gasteiger partial charge is 0.169 e. The second-order valence-corrected chi connectivity index (χ2v) is 3.57. The Morgan fingerprint density at radius 3 is 2.50 bits per heavy atom. The standard InChI is InChI=1S/C12H6F3N/c13-7-5-8(14)12-10(11(7)15)6-3-1-2-4-9(6)16-12/h1-5,16H. The highest BCUT2D eigenvalue weighted by atomic mass is 19.2. The molecule has 0 saturated heterocycles. The lowest BCUT2D eigenvalue weighted by Crippen LogP contribution is -1.88. The zero-order valence-corrected chi connectivity index (χ0v) is 8.02. The summed E-state index contributed by atoms with van der Waals surface area (Å²) in [5.74, 6) is -2.98. The van der Waals surface area contributed by atoms with Crippen molar-refractivity contribution in [3.8, 4) is 0 Å². The van der Waals surface area contributed by atoms with E-state index in [1.54, 1.807) is 24.3 Å². The average molecular weight is 221 g/mol. The Kier molecular flexibility index (Phi) is 1.74. The van der Waals surface area contributed by atoms with Crippen molar-refractivity contribution in [2.24, 2.45) is 0 Å². The van der Waals surface area contributed by atoms with Crippen LogP contribution in [0.15, 0.2) is 30.3 Å². The maximum absolute atomic E-state index is 13.6. The molecule has 0 saturated carbocycles. The fourth-order valence-electron chi connectivity index (χ4n) is 1.92. The third kappa shape index (κ3) is 1.07. The lowest BCUT2D eigenvalue weighted by molar-refractivity contribution is 0.506. The lowest BCUT2D eigenvalue weighted by Gasteiger charge is -1.97. The van der Waals surface area contributed by atoms with Crippen molar-refractivity contribution in [1.82, 2.24) is 4.98 Å². The van der Waals surface area contributed by atoms with E-state index in [1.807, 2.05) is 0 Å². The van der Waals surface area contributed by atoms with Gasteiger partial charge in [0.1, 0.15) is 5.82 Å². The molecule has 0 bridgehead atoms. The van der Waals surface area contributed by atoms with E-state index in [0.717, 1.165) is 0 Å². The van der Waals surface area contributed by atoms with Gasteiger partial charge in [-0.15, -0.1) is 0 Å². The molecule has 0 aliphatic rings. The van der Waals surface area contributed by atoms with Crippen LogP contribution in [0, 0.1) is 17.5 Å². The molecule has 1 heterocycles. The Labute approximate surface area is 88.5 Å². The fourth-order valence-corrected chi connectivity index (χ4v) is 1.92. The van der Waals surface area contributed by atoms with Crippen molar-refractivity contribution in [2.75, 3.05) is 0 Å². The van der Waals surface area contributed by atoms with Gasteiger partial charge in [0.2, 0.25) is 0 Å². The van der Waals surface area contributed by atoms with Crippen LogP contribution in [-0.2, 0) is 0 Å². The van der Waals surface area contributed by atoms with E-state index in [1.165, 1.54) is 0 Å². The first-order chi connectivity index (χ1) is 7.68. The van der Waals surface area contributed by atoms with Crippen molar-refractivity contribution in [3.63, 3.8) is 0 Å². The third-order valence-corrected chi connectivity index (χ3v) is 2.63. The number of aromatic amines is 1. The van der Waals surface area contributed by atoms with Gasteiger partial charge in [0.05, 0.1) is 5.52 Å². The maximum Gasteiger partial charge on any atom is 0.169 e. The fraction of sp³-hybridized carbons (Fsp3) is 0. The van der Waals surface area contributed by atoms with Crippen LogP contribution < -0.4 is 0 Å². The predicted octanol–water partition coefficient (Wildman–Crippen LogP) is 3.74. The van der Waals surface area contributed by atoms with E-state index in [9.17, 15) is 13.2 Å². The second-order valence-electron chi connectivity index (χ2n) is 3.57. The summed E-state index contributed by atoms with van der Waals surface area (Å²) in [6.45, 7) is 0. The highest BCUT2D eigenvalue weighted by Gasteiger charge is 2.16. The minimum absolute atomic E-state index is 0.0000926. The van der Waals surface area contributed by atoms with E-state index in [2.05, 4.69) is 4.98 Å². The first-order valence-corrected chi connectivity index (χ1v) is 4.72. The number of hydrogen-bond donors (Lipinski definition) is 1. The Morgan fingerprint density at radius 1 is 0.938 bits per heavy atom. The van der Waals surface area contributed by atoms with Crippen LogP contribution in [0.25, 0.3) is 21.8 Å². The number of fused-ring (bicyclic) bond motifs is 3. The van der Waals surface area contributed by atoms with E-state index >= 15 is 0 Å². The Balaban J connectivity index is 2.66. The summed E-state index contributed by atoms with van der Waals surface area (Å²) in [4.78, 5) is 2.73. The minimum Gasteiger partial charge on any atom is -0.352 e. The molecule has 0 spiro atoms. The van der Waals surface area contributed by atoms with Gasteiger partial charge in [-0.25, -0.2) is 13.2 Å². The van der Waals surface area contributed by atoms with Crippen molar-refractivity contribution < 1.29 is 13.2 Å². The molecule has 1 nitrogen and oxygen atoms in total. The summed E-state index contributed by atoms with van der Waals surface area (Å²) < 4.78 is 40.1. The van der Waals surface area contributed by atoms with Crippen molar-refractivity contribution in [2.45, 2.75) is 0 Å². The number of rotatable bonds is 0. The maximum atomic E-state index is 13.6. The molecule has 2 aromatic carbocycles. The van der Waals surface area contributed by atoms with Gasteiger partial charge in [0, 0.05) is 22.4 Å². The second kappa shape index (κ2) is 3.01. The van der Waals surface area contributed by atoms with Crippen LogP contribution in [0.2, 0.25) is 0 Å². The SMILES string of the molecule is Fc1cc(F)c2[nH]c3ccccc3c2c1F. The van der Waals surface area contributed by atoms with Crippen LogP contribution in [0.4, 0.5) is 13.2 Å². The number of aromatic nitrogens is 1.